The second-order valence-electron chi connectivity index (χ2n) is 4.03. The van der Waals surface area contributed by atoms with E-state index in [1.807, 2.05) is 32.0 Å². The van der Waals surface area contributed by atoms with Gasteiger partial charge < -0.3 is 15.4 Å². The number of anilines is 2. The third-order valence-electron chi connectivity index (χ3n) is 2.51. The Morgan fingerprint density at radius 1 is 1.25 bits per heavy atom. The molecule has 1 aromatic carbocycles. The fraction of sp³-hybridized carbons (Fsp3) is 0.538. The largest absolute Gasteiger partial charge is 0.489 e. The molecule has 1 aromatic rings. The molecule has 2 N–H and O–H groups in total. The van der Waals surface area contributed by atoms with Crippen LogP contribution in [0.5, 0.6) is 5.75 Å². The highest BCUT2D eigenvalue weighted by atomic mass is 16.5. The Morgan fingerprint density at radius 2 is 1.88 bits per heavy atom. The smallest absolute Gasteiger partial charge is 0.144 e. The maximum Gasteiger partial charge on any atom is 0.144 e. The molecule has 0 bridgehead atoms. The van der Waals surface area contributed by atoms with E-state index in [1.165, 1.54) is 0 Å². The minimum absolute atomic E-state index is 0.147. The predicted molar refractivity (Wildman–Crippen MR) is 70.2 cm³/mol. The fourth-order valence-corrected chi connectivity index (χ4v) is 1.73. The molecule has 16 heavy (non-hydrogen) atoms. The number of nitrogens with two attached hydrogens (primary N) is 1. The van der Waals surface area contributed by atoms with Gasteiger partial charge in [0.1, 0.15) is 5.75 Å². The number of hydrogen-bond acceptors (Lipinski definition) is 3. The highest BCUT2D eigenvalue weighted by molar-refractivity contribution is 5.74. The minimum atomic E-state index is 0.147. The topological polar surface area (TPSA) is 38.5 Å². The van der Waals surface area contributed by atoms with Gasteiger partial charge in [0.05, 0.1) is 17.5 Å². The first-order valence-electron chi connectivity index (χ1n) is 5.90. The molecule has 0 aliphatic heterocycles. The average Bonchev–Trinajstić information content (AvgIpc) is 2.24. The zero-order valence-corrected chi connectivity index (χ0v) is 10.7. The summed E-state index contributed by atoms with van der Waals surface area (Å²) in [6.45, 7) is 10.2. The van der Waals surface area contributed by atoms with Crippen LogP contribution in [0.4, 0.5) is 11.4 Å². The maximum atomic E-state index is 6.12. The van der Waals surface area contributed by atoms with Crippen molar-refractivity contribution in [1.82, 2.24) is 0 Å². The molecule has 0 aliphatic carbocycles. The number of para-hydroxylation sites is 1. The van der Waals surface area contributed by atoms with Crippen LogP contribution in [0.15, 0.2) is 18.2 Å². The molecule has 1 rings (SSSR count). The van der Waals surface area contributed by atoms with Gasteiger partial charge >= 0.3 is 0 Å². The molecule has 0 aromatic heterocycles. The summed E-state index contributed by atoms with van der Waals surface area (Å²) in [5.74, 6) is 0.777. The summed E-state index contributed by atoms with van der Waals surface area (Å²) in [6.07, 6.45) is 0.147. The van der Waals surface area contributed by atoms with Crippen LogP contribution in [0.3, 0.4) is 0 Å². The summed E-state index contributed by atoms with van der Waals surface area (Å²) in [7, 11) is 0. The van der Waals surface area contributed by atoms with Gasteiger partial charge in [0.25, 0.3) is 0 Å². The summed E-state index contributed by atoms with van der Waals surface area (Å²) in [6, 6.07) is 5.94. The molecule has 0 amide bonds. The lowest BCUT2D eigenvalue weighted by atomic mass is 10.2. The lowest BCUT2D eigenvalue weighted by Gasteiger charge is -2.24. The molecule has 0 radical (unpaired) electrons. The van der Waals surface area contributed by atoms with Crippen LogP contribution >= 0.6 is 0 Å². The van der Waals surface area contributed by atoms with Gasteiger partial charge in [-0.15, -0.1) is 0 Å². The van der Waals surface area contributed by atoms with Gasteiger partial charge in [-0.2, -0.15) is 0 Å². The third kappa shape index (κ3) is 2.81. The molecule has 0 aliphatic rings. The molecule has 3 nitrogen and oxygen atoms in total. The number of rotatable bonds is 5. The number of nitrogens with zero attached hydrogens (tertiary/aromatic N) is 1. The standard InChI is InChI=1S/C13H22N2O/c1-5-15(6-2)11-8-7-9-12(13(11)14)16-10(3)4/h7-10H,5-6,14H2,1-4H3. The lowest BCUT2D eigenvalue weighted by molar-refractivity contribution is 0.244. The van der Waals surface area contributed by atoms with Crippen molar-refractivity contribution in [3.8, 4) is 5.75 Å². The average molecular weight is 222 g/mol. The van der Waals surface area contributed by atoms with Crippen molar-refractivity contribution in [2.75, 3.05) is 23.7 Å². The highest BCUT2D eigenvalue weighted by Gasteiger charge is 2.11. The van der Waals surface area contributed by atoms with Crippen LogP contribution in [0.1, 0.15) is 27.7 Å². The van der Waals surface area contributed by atoms with Gasteiger partial charge in [0, 0.05) is 13.1 Å². The second-order valence-corrected chi connectivity index (χ2v) is 4.03. The number of benzene rings is 1. The normalized spacial score (nSPS) is 10.6. The van der Waals surface area contributed by atoms with Crippen LogP contribution in [-0.4, -0.2) is 19.2 Å². The quantitative estimate of drug-likeness (QED) is 0.778. The van der Waals surface area contributed by atoms with Crippen molar-refractivity contribution in [3.63, 3.8) is 0 Å². The van der Waals surface area contributed by atoms with Crippen molar-refractivity contribution in [1.29, 1.82) is 0 Å². The van der Waals surface area contributed by atoms with E-state index >= 15 is 0 Å². The van der Waals surface area contributed by atoms with Gasteiger partial charge in [-0.3, -0.25) is 0 Å². The molecule has 0 saturated heterocycles. The first kappa shape index (κ1) is 12.7. The molecule has 90 valence electrons. The second kappa shape index (κ2) is 5.64. The Kier molecular flexibility index (Phi) is 4.47. The first-order valence-corrected chi connectivity index (χ1v) is 5.90. The van der Waals surface area contributed by atoms with Crippen LogP contribution in [0.25, 0.3) is 0 Å². The summed E-state index contributed by atoms with van der Waals surface area (Å²) in [4.78, 5) is 2.22. The summed E-state index contributed by atoms with van der Waals surface area (Å²) in [5, 5.41) is 0. The molecule has 0 unspecified atom stereocenters. The minimum Gasteiger partial charge on any atom is -0.489 e. The van der Waals surface area contributed by atoms with E-state index in [0.717, 1.165) is 30.2 Å². The van der Waals surface area contributed by atoms with Gasteiger partial charge in [0.2, 0.25) is 0 Å². The molecular formula is C13H22N2O. The number of nitrogen functional groups attached to an aromatic ring is 1. The summed E-state index contributed by atoms with van der Waals surface area (Å²) < 4.78 is 5.67. The van der Waals surface area contributed by atoms with Crippen LogP contribution in [0, 0.1) is 0 Å². The van der Waals surface area contributed by atoms with Crippen molar-refractivity contribution in [3.05, 3.63) is 18.2 Å². The summed E-state index contributed by atoms with van der Waals surface area (Å²) >= 11 is 0. The van der Waals surface area contributed by atoms with Gasteiger partial charge in [-0.25, -0.2) is 0 Å². The monoisotopic (exact) mass is 222 g/mol. The van der Waals surface area contributed by atoms with Gasteiger partial charge in [-0.05, 0) is 39.8 Å². The van der Waals surface area contributed by atoms with Crippen molar-refractivity contribution >= 4 is 11.4 Å². The molecule has 0 fully saturated rings. The van der Waals surface area contributed by atoms with Crippen molar-refractivity contribution < 1.29 is 4.74 Å². The Bertz CT molecular complexity index is 333. The molecule has 0 saturated carbocycles. The van der Waals surface area contributed by atoms with Crippen LogP contribution < -0.4 is 15.4 Å². The molecule has 0 heterocycles. The van der Waals surface area contributed by atoms with E-state index in [2.05, 4.69) is 18.7 Å². The molecular weight excluding hydrogens is 200 g/mol. The van der Waals surface area contributed by atoms with Crippen molar-refractivity contribution in [2.24, 2.45) is 0 Å². The van der Waals surface area contributed by atoms with E-state index in [1.54, 1.807) is 0 Å². The number of hydrogen-bond donors (Lipinski definition) is 1. The Labute approximate surface area is 98.2 Å². The van der Waals surface area contributed by atoms with Gasteiger partial charge in [-0.1, -0.05) is 6.07 Å². The SMILES string of the molecule is CCN(CC)c1cccc(OC(C)C)c1N. The Morgan fingerprint density at radius 3 is 2.38 bits per heavy atom. The third-order valence-corrected chi connectivity index (χ3v) is 2.51. The van der Waals surface area contributed by atoms with Crippen molar-refractivity contribution in [2.45, 2.75) is 33.8 Å². The van der Waals surface area contributed by atoms with E-state index in [9.17, 15) is 0 Å². The van der Waals surface area contributed by atoms with E-state index in [0.29, 0.717) is 0 Å². The van der Waals surface area contributed by atoms with E-state index in [-0.39, 0.29) is 6.10 Å². The molecule has 0 spiro atoms. The number of ether oxygens (including phenoxy) is 1. The predicted octanol–water partition coefficient (Wildman–Crippen LogP) is 2.90. The Hall–Kier alpha value is -1.38. The highest BCUT2D eigenvalue weighted by Crippen LogP contribution is 2.32. The van der Waals surface area contributed by atoms with Crippen LogP contribution in [-0.2, 0) is 0 Å². The fourth-order valence-electron chi connectivity index (χ4n) is 1.73. The van der Waals surface area contributed by atoms with E-state index in [4.69, 9.17) is 10.5 Å². The van der Waals surface area contributed by atoms with E-state index < -0.39 is 0 Å². The first-order chi connectivity index (χ1) is 7.60. The van der Waals surface area contributed by atoms with Crippen LogP contribution in [0.2, 0.25) is 0 Å². The summed E-state index contributed by atoms with van der Waals surface area (Å²) in [5.41, 5.74) is 7.91. The maximum absolute atomic E-state index is 6.12. The zero-order chi connectivity index (χ0) is 12.1. The zero-order valence-electron chi connectivity index (χ0n) is 10.7. The lowest BCUT2D eigenvalue weighted by Crippen LogP contribution is -2.23. The Balaban J connectivity index is 3.02. The molecule has 0 atom stereocenters. The van der Waals surface area contributed by atoms with Gasteiger partial charge in [0.15, 0.2) is 0 Å². The molecule has 3 heteroatoms.